The summed E-state index contributed by atoms with van der Waals surface area (Å²) in [5.41, 5.74) is 4.91. The molecule has 2 atom stereocenters. The van der Waals surface area contributed by atoms with Crippen molar-refractivity contribution < 1.29 is 86.5 Å². The molecule has 0 aromatic heterocycles. The van der Waals surface area contributed by atoms with Gasteiger partial charge in [0.2, 0.25) is 0 Å². The van der Waals surface area contributed by atoms with Gasteiger partial charge in [-0.2, -0.15) is 0 Å². The number of carbonyl (C=O) groups excluding carboxylic acids is 6. The normalized spacial score (nSPS) is 11.1. The monoisotopic (exact) mass is 809 g/mol. The van der Waals surface area contributed by atoms with Gasteiger partial charge in [0.25, 0.3) is 5.69 Å². The summed E-state index contributed by atoms with van der Waals surface area (Å²) in [5, 5.41) is 29.6. The van der Waals surface area contributed by atoms with E-state index in [1.807, 2.05) is 0 Å². The van der Waals surface area contributed by atoms with Gasteiger partial charge in [0.15, 0.2) is 12.2 Å². The molecule has 0 radical (unpaired) electrons. The van der Waals surface area contributed by atoms with Crippen molar-refractivity contribution in [3.05, 3.63) is 34.4 Å². The molecule has 0 heterocycles. The lowest BCUT2D eigenvalue weighted by Gasteiger charge is -2.17. The summed E-state index contributed by atoms with van der Waals surface area (Å²) in [7, 11) is 0. The summed E-state index contributed by atoms with van der Waals surface area (Å²) in [4.78, 5) is 78.0. The molecule has 0 aliphatic heterocycles. The molecular weight excluding hydrogens is 754 g/mol. The highest BCUT2D eigenvalue weighted by Gasteiger charge is 2.20. The highest BCUT2D eigenvalue weighted by molar-refractivity contribution is 5.71. The fourth-order valence-electron chi connectivity index (χ4n) is 3.13. The Morgan fingerprint density at radius 1 is 0.679 bits per heavy atom. The number of hydrogen-bond acceptors (Lipinski definition) is 20. The van der Waals surface area contributed by atoms with Crippen LogP contribution in [0.2, 0.25) is 0 Å². The minimum atomic E-state index is -1.10. The molecule has 22 nitrogen and oxygen atoms in total. The molecule has 320 valence electrons. The van der Waals surface area contributed by atoms with Crippen molar-refractivity contribution in [2.75, 3.05) is 79.2 Å². The number of nitrogens with zero attached hydrogens (tertiary/aromatic N) is 1. The molecule has 0 saturated heterocycles. The topological polar surface area (TPSA) is 307 Å². The van der Waals surface area contributed by atoms with Crippen LogP contribution in [0.5, 0.6) is 5.75 Å². The van der Waals surface area contributed by atoms with Crippen molar-refractivity contribution in [2.45, 2.75) is 65.6 Å². The Hall–Kier alpha value is -5.16. The van der Waals surface area contributed by atoms with Crippen LogP contribution >= 0.6 is 0 Å². The van der Waals surface area contributed by atoms with Gasteiger partial charge in [0.1, 0.15) is 32.2 Å². The van der Waals surface area contributed by atoms with Crippen molar-refractivity contribution in [3.8, 4) is 5.75 Å². The molecule has 56 heavy (non-hydrogen) atoms. The number of nitrogens with one attached hydrogen (secondary N) is 1. The number of nitrogens with two attached hydrogens (primary N) is 1. The number of ether oxygens (including phenoxy) is 9. The molecule has 0 fully saturated rings. The summed E-state index contributed by atoms with van der Waals surface area (Å²) in [6.07, 6.45) is -3.02. The molecule has 0 aliphatic rings. The second kappa shape index (κ2) is 35.5. The van der Waals surface area contributed by atoms with Crippen LogP contribution in [0, 0.1) is 10.1 Å². The summed E-state index contributed by atoms with van der Waals surface area (Å²) in [6.45, 7) is 7.50. The lowest BCUT2D eigenvalue weighted by atomic mass is 10.3. The minimum Gasteiger partial charge on any atom is -0.462 e. The van der Waals surface area contributed by atoms with Crippen LogP contribution < -0.4 is 15.8 Å². The number of benzene rings is 1. The fourth-order valence-corrected chi connectivity index (χ4v) is 3.13. The number of alkyl carbamates (subject to hydrolysis) is 1. The van der Waals surface area contributed by atoms with Gasteiger partial charge in [-0.3, -0.25) is 29.3 Å². The maximum atomic E-state index is 11.7. The first-order valence-corrected chi connectivity index (χ1v) is 17.6. The molecular formula is C34H55N3O19. The molecule has 1 rings (SSSR count). The first-order chi connectivity index (χ1) is 26.8. The van der Waals surface area contributed by atoms with Crippen LogP contribution in [-0.2, 0) is 57.1 Å². The molecule has 5 N–H and O–H groups in total. The second-order valence-corrected chi connectivity index (χ2v) is 10.4. The Balaban J connectivity index is 0. The lowest BCUT2D eigenvalue weighted by molar-refractivity contribution is -0.384. The van der Waals surface area contributed by atoms with E-state index in [0.717, 1.165) is 0 Å². The number of nitro groups is 1. The highest BCUT2D eigenvalue weighted by Crippen LogP contribution is 2.17. The first kappa shape index (κ1) is 52.9. The maximum absolute atomic E-state index is 11.7. The van der Waals surface area contributed by atoms with E-state index in [1.165, 1.54) is 24.3 Å². The van der Waals surface area contributed by atoms with Crippen molar-refractivity contribution in [2.24, 2.45) is 5.73 Å². The molecule has 1 amide bonds. The molecule has 22 heteroatoms. The molecule has 0 bridgehead atoms. The molecule has 1 aromatic carbocycles. The van der Waals surface area contributed by atoms with Crippen molar-refractivity contribution in [1.82, 2.24) is 5.32 Å². The van der Waals surface area contributed by atoms with Crippen LogP contribution in [0.25, 0.3) is 0 Å². The van der Waals surface area contributed by atoms with Gasteiger partial charge in [0.05, 0.1) is 44.6 Å². The summed E-state index contributed by atoms with van der Waals surface area (Å²) < 4.78 is 44.1. The molecule has 1 aromatic rings. The van der Waals surface area contributed by atoms with Gasteiger partial charge >= 0.3 is 36.1 Å². The van der Waals surface area contributed by atoms with E-state index in [2.05, 4.69) is 5.32 Å². The molecule has 0 saturated carbocycles. The van der Waals surface area contributed by atoms with Crippen LogP contribution in [0.3, 0.4) is 0 Å². The largest absolute Gasteiger partial charge is 0.513 e. The number of hydrogen-bond donors (Lipinski definition) is 4. The Morgan fingerprint density at radius 2 is 1.12 bits per heavy atom. The smallest absolute Gasteiger partial charge is 0.462 e. The Bertz CT molecular complexity index is 1260. The number of aliphatic hydroxyl groups excluding tert-OH is 2. The van der Waals surface area contributed by atoms with Gasteiger partial charge in [0, 0.05) is 50.9 Å². The van der Waals surface area contributed by atoms with E-state index in [1.54, 1.807) is 27.7 Å². The maximum Gasteiger partial charge on any atom is 0.513 e. The fraction of sp³-hybridized carbons (Fsp3) is 0.647. The van der Waals surface area contributed by atoms with Gasteiger partial charge in [-0.1, -0.05) is 27.7 Å². The van der Waals surface area contributed by atoms with Gasteiger partial charge in [-0.25, -0.2) is 9.59 Å². The quantitative estimate of drug-likeness (QED) is 0.0270. The second-order valence-electron chi connectivity index (χ2n) is 10.4. The van der Waals surface area contributed by atoms with Crippen molar-refractivity contribution in [1.29, 1.82) is 0 Å². The van der Waals surface area contributed by atoms with Crippen LogP contribution in [0.4, 0.5) is 15.3 Å². The molecule has 2 unspecified atom stereocenters. The summed E-state index contributed by atoms with van der Waals surface area (Å²) >= 11 is 0. The SMILES string of the molecule is CCC(=O)OCC(COC(=O)NCCOCCO)OC(=O)CC.CCC(=O)OCC(COC(=O)Oc1ccc([N+](=O)[O-])cc1)OC(=O)CC.NCCOCCO. The first-order valence-electron chi connectivity index (χ1n) is 17.6. The van der Waals surface area contributed by atoms with E-state index in [9.17, 15) is 38.9 Å². The summed E-state index contributed by atoms with van der Waals surface area (Å²) in [6, 6.07) is 4.80. The number of non-ortho nitro benzene ring substituents is 1. The van der Waals surface area contributed by atoms with Crippen molar-refractivity contribution >= 4 is 41.8 Å². The number of carbonyl (C=O) groups is 6. The lowest BCUT2D eigenvalue weighted by Crippen LogP contribution is -2.34. The molecule has 0 spiro atoms. The predicted molar refractivity (Wildman–Crippen MR) is 192 cm³/mol. The third-order valence-corrected chi connectivity index (χ3v) is 5.90. The number of esters is 4. The van der Waals surface area contributed by atoms with Crippen LogP contribution in [-0.4, -0.2) is 143 Å². The number of amides is 1. The number of aliphatic hydroxyl groups is 2. The standard InChI is InChI=1S/C16H19NO9.C14H25NO8.C4H11NO2/c1-3-14(18)23-9-13(25-15(19)4-2)10-24-16(20)26-12-7-5-11(6-8-12)17(21)22;1-3-12(17)21-9-11(23-13(18)4-2)10-22-14(19)15-5-7-20-8-6-16;5-1-3-7-4-2-6/h5-8,13H,3-4,9-10H2,1-2H3;11,16H,3-10H2,1-2H3,(H,15,19);6H,1-5H2. The predicted octanol–water partition coefficient (Wildman–Crippen LogP) is 1.34. The third-order valence-electron chi connectivity index (χ3n) is 5.90. The van der Waals surface area contributed by atoms with Gasteiger partial charge < -0.3 is 63.9 Å². The zero-order chi connectivity index (χ0) is 42.6. The van der Waals surface area contributed by atoms with E-state index in [0.29, 0.717) is 19.8 Å². The van der Waals surface area contributed by atoms with E-state index in [-0.39, 0.29) is 96.5 Å². The zero-order valence-corrected chi connectivity index (χ0v) is 32.1. The van der Waals surface area contributed by atoms with Gasteiger partial charge in [-0.15, -0.1) is 0 Å². The Kier molecular flexibility index (Phi) is 33.6. The average molecular weight is 810 g/mol. The summed E-state index contributed by atoms with van der Waals surface area (Å²) in [5.74, 6) is -1.91. The number of nitro benzene ring substituents is 1. The van der Waals surface area contributed by atoms with Crippen molar-refractivity contribution in [3.63, 3.8) is 0 Å². The number of rotatable bonds is 25. The molecule has 0 aliphatic carbocycles. The average Bonchev–Trinajstić information content (AvgIpc) is 3.20. The van der Waals surface area contributed by atoms with Gasteiger partial charge in [-0.05, 0) is 12.1 Å². The van der Waals surface area contributed by atoms with Crippen LogP contribution in [0.1, 0.15) is 53.4 Å². The Labute approximate surface area is 324 Å². The van der Waals surface area contributed by atoms with E-state index in [4.69, 9.17) is 58.6 Å². The van der Waals surface area contributed by atoms with E-state index >= 15 is 0 Å². The minimum absolute atomic E-state index is 0.0418. The van der Waals surface area contributed by atoms with E-state index < -0.39 is 53.3 Å². The Morgan fingerprint density at radius 3 is 1.55 bits per heavy atom. The van der Waals surface area contributed by atoms with Crippen LogP contribution in [0.15, 0.2) is 24.3 Å². The zero-order valence-electron chi connectivity index (χ0n) is 32.1. The highest BCUT2D eigenvalue weighted by atomic mass is 16.7. The third kappa shape index (κ3) is 31.2.